The predicted molar refractivity (Wildman–Crippen MR) is 126 cm³/mol. The minimum Gasteiger partial charge on any atom is -0.388 e. The number of nitrogens with zero attached hydrogens (tertiary/aromatic N) is 2. The number of hydrogen-bond acceptors (Lipinski definition) is 5. The Morgan fingerprint density at radius 2 is 2.23 bits per heavy atom. The highest BCUT2D eigenvalue weighted by Gasteiger charge is 2.23. The summed E-state index contributed by atoms with van der Waals surface area (Å²) in [4.78, 5) is 23.3. The Hall–Kier alpha value is -3.19. The van der Waals surface area contributed by atoms with Gasteiger partial charge < -0.3 is 21.0 Å². The molecule has 1 fully saturated rings. The zero-order valence-electron chi connectivity index (χ0n) is 17.5. The summed E-state index contributed by atoms with van der Waals surface area (Å²) in [7, 11) is 1.79. The van der Waals surface area contributed by atoms with Crippen LogP contribution in [-0.4, -0.2) is 46.6 Å². The maximum atomic E-state index is 12.7. The smallest absolute Gasteiger partial charge is 0.255 e. The molecular formula is C23H32N6O. The van der Waals surface area contributed by atoms with Crippen molar-refractivity contribution in [2.45, 2.75) is 38.8 Å². The zero-order valence-corrected chi connectivity index (χ0v) is 17.5. The molecule has 160 valence electrons. The number of carbonyl (C=O) groups is 1. The summed E-state index contributed by atoms with van der Waals surface area (Å²) in [6.45, 7) is 4.20. The van der Waals surface area contributed by atoms with Gasteiger partial charge in [-0.2, -0.15) is 0 Å². The van der Waals surface area contributed by atoms with Crippen LogP contribution in [0.3, 0.4) is 0 Å². The fourth-order valence-corrected chi connectivity index (χ4v) is 4.23. The van der Waals surface area contributed by atoms with Gasteiger partial charge in [-0.1, -0.05) is 6.92 Å². The molecule has 0 radical (unpaired) electrons. The number of nitrogens with one attached hydrogen (secondary N) is 4. The lowest BCUT2D eigenvalue weighted by molar-refractivity contribution is 0.102. The van der Waals surface area contributed by atoms with E-state index in [-0.39, 0.29) is 8.76 Å². The molecule has 7 nitrogen and oxygen atoms in total. The van der Waals surface area contributed by atoms with Crippen molar-refractivity contribution in [2.75, 3.05) is 24.2 Å². The largest absolute Gasteiger partial charge is 0.388 e. The number of H-pyrrole nitrogens is 1. The third-order valence-electron chi connectivity index (χ3n) is 5.85. The maximum Gasteiger partial charge on any atom is 0.255 e. The van der Waals surface area contributed by atoms with E-state index in [1.807, 2.05) is 24.3 Å². The van der Waals surface area contributed by atoms with Crippen LogP contribution in [0.4, 0.5) is 11.4 Å². The van der Waals surface area contributed by atoms with Crippen molar-refractivity contribution >= 4 is 34.5 Å². The molecule has 3 aromatic rings. The lowest BCUT2D eigenvalue weighted by Crippen LogP contribution is -2.28. The molecule has 1 aliphatic heterocycles. The van der Waals surface area contributed by atoms with Crippen LogP contribution >= 0.6 is 0 Å². The molecule has 0 aliphatic carbocycles. The molecular weight excluding hydrogens is 376 g/mol. The van der Waals surface area contributed by atoms with Crippen molar-refractivity contribution < 1.29 is 7.65 Å². The summed E-state index contributed by atoms with van der Waals surface area (Å²) in [6, 6.07) is 11.6. The predicted octanol–water partition coefficient (Wildman–Crippen LogP) is 4.72. The summed E-state index contributed by atoms with van der Waals surface area (Å²) in [5.74, 6) is 0.759. The number of imidazole rings is 1. The first kappa shape index (κ1) is 20.1. The van der Waals surface area contributed by atoms with Gasteiger partial charge in [0.15, 0.2) is 0 Å². The second-order valence-electron chi connectivity index (χ2n) is 7.74. The Kier molecular flexibility index (Phi) is 5.81. The molecule has 1 aliphatic rings. The van der Waals surface area contributed by atoms with E-state index in [0.717, 1.165) is 35.6 Å². The number of aromatic nitrogens is 2. The van der Waals surface area contributed by atoms with Crippen LogP contribution in [0, 0.1) is 5.41 Å². The van der Waals surface area contributed by atoms with Crippen LogP contribution in [0.5, 0.6) is 0 Å². The van der Waals surface area contributed by atoms with Gasteiger partial charge in [0, 0.05) is 44.7 Å². The molecule has 4 rings (SSSR count). The first-order chi connectivity index (χ1) is 14.6. The van der Waals surface area contributed by atoms with Crippen molar-refractivity contribution in [2.24, 2.45) is 0 Å². The van der Waals surface area contributed by atoms with E-state index in [2.05, 4.69) is 27.4 Å². The van der Waals surface area contributed by atoms with Gasteiger partial charge in [-0.05, 0) is 62.2 Å². The van der Waals surface area contributed by atoms with Gasteiger partial charge in [0.2, 0.25) is 0 Å². The normalized spacial score (nSPS) is 16.7. The summed E-state index contributed by atoms with van der Waals surface area (Å²) in [5, 5.41) is 13.5. The molecule has 0 bridgehead atoms. The highest BCUT2D eigenvalue weighted by molar-refractivity contribution is 6.06. The minimum absolute atomic E-state index is 0. The maximum absolute atomic E-state index is 12.7. The molecule has 1 saturated heterocycles. The molecule has 0 spiro atoms. The highest BCUT2D eigenvalue weighted by Crippen LogP contribution is 2.24. The topological polar surface area (TPSA) is 96.9 Å². The summed E-state index contributed by atoms with van der Waals surface area (Å²) in [5.41, 5.74) is 4.53. The van der Waals surface area contributed by atoms with Gasteiger partial charge in [0.05, 0.1) is 17.6 Å². The lowest BCUT2D eigenvalue weighted by Gasteiger charge is -2.21. The van der Waals surface area contributed by atoms with Crippen LogP contribution in [0.15, 0.2) is 36.4 Å². The molecule has 30 heavy (non-hydrogen) atoms. The van der Waals surface area contributed by atoms with Crippen molar-refractivity contribution in [1.29, 1.82) is 5.41 Å². The van der Waals surface area contributed by atoms with E-state index in [4.69, 9.17) is 10.4 Å². The minimum atomic E-state index is -0.206. The van der Waals surface area contributed by atoms with Crippen molar-refractivity contribution in [1.82, 2.24) is 14.9 Å². The Bertz CT molecular complexity index is 1080. The van der Waals surface area contributed by atoms with E-state index in [9.17, 15) is 4.79 Å². The molecule has 2 heterocycles. The van der Waals surface area contributed by atoms with Crippen molar-refractivity contribution in [3.8, 4) is 0 Å². The third-order valence-corrected chi connectivity index (χ3v) is 5.85. The van der Waals surface area contributed by atoms with E-state index in [0.29, 0.717) is 22.9 Å². The summed E-state index contributed by atoms with van der Waals surface area (Å²) in [6.07, 6.45) is 4.93. The quantitative estimate of drug-likeness (QED) is 0.425. The SMILES string of the molecule is CCC1CCCN1Cc1nc2ccc(NC(=O)c3ccc(NC)c(C=N)c3)cc2[nH]1.[HH].[HH]. The van der Waals surface area contributed by atoms with E-state index < -0.39 is 0 Å². The standard InChI is InChI=1S/C23H28N6O.2H2/c1-3-18-5-4-10-29(18)14-22-27-20-9-7-17(12-21(20)28-22)26-23(30)15-6-8-19(25-2)16(11-15)13-24;;/h6-9,11-13,18,24-25H,3-5,10,14H2,1-2H3,(H,26,30)(H,27,28);2*1H. The number of anilines is 2. The van der Waals surface area contributed by atoms with Gasteiger partial charge in [0.25, 0.3) is 5.91 Å². The van der Waals surface area contributed by atoms with Crippen LogP contribution in [-0.2, 0) is 6.54 Å². The van der Waals surface area contributed by atoms with Gasteiger partial charge in [0.1, 0.15) is 5.82 Å². The van der Waals surface area contributed by atoms with Crippen LogP contribution in [0.25, 0.3) is 11.0 Å². The van der Waals surface area contributed by atoms with Crippen molar-refractivity contribution in [3.05, 3.63) is 53.3 Å². The second kappa shape index (κ2) is 8.67. The van der Waals surface area contributed by atoms with E-state index in [1.54, 1.807) is 19.2 Å². The summed E-state index contributed by atoms with van der Waals surface area (Å²) < 4.78 is 0. The number of likely N-dealkylation sites (tertiary alicyclic amines) is 1. The number of rotatable bonds is 7. The molecule has 7 heteroatoms. The molecule has 0 saturated carbocycles. The highest BCUT2D eigenvalue weighted by atomic mass is 16.1. The van der Waals surface area contributed by atoms with Crippen molar-refractivity contribution in [3.63, 3.8) is 0 Å². The van der Waals surface area contributed by atoms with Gasteiger partial charge in [-0.15, -0.1) is 0 Å². The number of amides is 1. The van der Waals surface area contributed by atoms with Crippen LogP contribution in [0.1, 0.15) is 50.8 Å². The molecule has 1 unspecified atom stereocenters. The fraction of sp³-hybridized carbons (Fsp3) is 0.348. The lowest BCUT2D eigenvalue weighted by atomic mass is 10.1. The Balaban J connectivity index is 0.00000181. The van der Waals surface area contributed by atoms with Gasteiger partial charge in [-0.25, -0.2) is 4.98 Å². The summed E-state index contributed by atoms with van der Waals surface area (Å²) >= 11 is 0. The Labute approximate surface area is 179 Å². The first-order valence-corrected chi connectivity index (χ1v) is 10.5. The van der Waals surface area contributed by atoms with Crippen LogP contribution in [0.2, 0.25) is 0 Å². The van der Waals surface area contributed by atoms with E-state index >= 15 is 0 Å². The second-order valence-corrected chi connectivity index (χ2v) is 7.74. The number of carbonyl (C=O) groups excluding carboxylic acids is 1. The number of aromatic amines is 1. The zero-order chi connectivity index (χ0) is 21.1. The molecule has 4 N–H and O–H groups in total. The number of fused-ring (bicyclic) bond motifs is 1. The average molecular weight is 409 g/mol. The molecule has 2 aromatic carbocycles. The first-order valence-electron chi connectivity index (χ1n) is 10.5. The number of benzene rings is 2. The Morgan fingerprint density at radius 3 is 3.00 bits per heavy atom. The van der Waals surface area contributed by atoms with Crippen LogP contribution < -0.4 is 10.6 Å². The molecule has 1 aromatic heterocycles. The van der Waals surface area contributed by atoms with Gasteiger partial charge >= 0.3 is 0 Å². The fourth-order valence-electron chi connectivity index (χ4n) is 4.23. The molecule has 1 atom stereocenters. The number of hydrogen-bond donors (Lipinski definition) is 4. The Morgan fingerprint density at radius 1 is 1.37 bits per heavy atom. The third kappa shape index (κ3) is 4.07. The van der Waals surface area contributed by atoms with Gasteiger partial charge in [-0.3, -0.25) is 9.69 Å². The molecule has 1 amide bonds. The van der Waals surface area contributed by atoms with E-state index in [1.165, 1.54) is 25.5 Å². The average Bonchev–Trinajstić information content (AvgIpc) is 3.38. The monoisotopic (exact) mass is 408 g/mol.